The lowest BCUT2D eigenvalue weighted by Gasteiger charge is -2.32. The second-order valence-corrected chi connectivity index (χ2v) is 8.47. The van der Waals surface area contributed by atoms with Gasteiger partial charge in [-0.2, -0.15) is 0 Å². The summed E-state index contributed by atoms with van der Waals surface area (Å²) < 4.78 is 10.5. The van der Waals surface area contributed by atoms with Gasteiger partial charge in [-0.15, -0.1) is 0 Å². The zero-order chi connectivity index (χ0) is 23.2. The summed E-state index contributed by atoms with van der Waals surface area (Å²) in [7, 11) is 3.32. The Labute approximate surface area is 195 Å². The number of aryl methyl sites for hydroxylation is 1. The van der Waals surface area contributed by atoms with E-state index in [0.717, 1.165) is 61.1 Å². The van der Waals surface area contributed by atoms with Crippen molar-refractivity contribution in [3.8, 4) is 11.5 Å². The van der Waals surface area contributed by atoms with Gasteiger partial charge in [0.2, 0.25) is 0 Å². The fourth-order valence-corrected chi connectivity index (χ4v) is 4.35. The highest BCUT2D eigenvalue weighted by Crippen LogP contribution is 2.31. The van der Waals surface area contributed by atoms with Gasteiger partial charge in [0.25, 0.3) is 5.91 Å². The van der Waals surface area contributed by atoms with Gasteiger partial charge in [-0.3, -0.25) is 14.7 Å². The topological polar surface area (TPSA) is 63.7 Å². The summed E-state index contributed by atoms with van der Waals surface area (Å²) in [5, 5.41) is 3.00. The molecule has 0 unspecified atom stereocenters. The van der Waals surface area contributed by atoms with E-state index >= 15 is 0 Å². The van der Waals surface area contributed by atoms with E-state index in [9.17, 15) is 4.79 Å². The van der Waals surface area contributed by atoms with Crippen molar-refractivity contribution in [1.82, 2.24) is 9.88 Å². The average Bonchev–Trinajstić information content (AvgIpc) is 2.85. The first-order valence-corrected chi connectivity index (χ1v) is 11.3. The molecule has 0 aliphatic carbocycles. The molecule has 0 spiro atoms. The summed E-state index contributed by atoms with van der Waals surface area (Å²) in [6.07, 6.45) is 1.95. The Balaban J connectivity index is 1.43. The first-order valence-electron chi connectivity index (χ1n) is 11.3. The molecule has 6 heteroatoms. The molecule has 3 aromatic rings. The van der Waals surface area contributed by atoms with Crippen LogP contribution < -0.4 is 14.8 Å². The molecule has 172 valence electrons. The number of pyridine rings is 1. The number of amides is 1. The highest BCUT2D eigenvalue weighted by atomic mass is 16.5. The molecule has 33 heavy (non-hydrogen) atoms. The van der Waals surface area contributed by atoms with Crippen LogP contribution in [0, 0.1) is 6.92 Å². The van der Waals surface area contributed by atoms with E-state index in [-0.39, 0.29) is 11.8 Å². The highest BCUT2D eigenvalue weighted by Gasteiger charge is 2.26. The van der Waals surface area contributed by atoms with Crippen LogP contribution in [0.15, 0.2) is 60.7 Å². The Bertz CT molecular complexity index is 1090. The normalized spacial score (nSPS) is 14.6. The van der Waals surface area contributed by atoms with Gasteiger partial charge in [0.1, 0.15) is 11.5 Å². The zero-order valence-corrected chi connectivity index (χ0v) is 19.5. The van der Waals surface area contributed by atoms with Gasteiger partial charge < -0.3 is 14.8 Å². The van der Waals surface area contributed by atoms with Crippen molar-refractivity contribution in [2.75, 3.05) is 32.6 Å². The number of anilines is 1. The van der Waals surface area contributed by atoms with Crippen LogP contribution in [0.25, 0.3) is 0 Å². The van der Waals surface area contributed by atoms with Gasteiger partial charge in [0, 0.05) is 23.8 Å². The van der Waals surface area contributed by atoms with Crippen LogP contribution in [-0.2, 0) is 6.54 Å². The van der Waals surface area contributed by atoms with E-state index in [1.807, 2.05) is 55.5 Å². The van der Waals surface area contributed by atoms with Crippen LogP contribution in [0.2, 0.25) is 0 Å². The van der Waals surface area contributed by atoms with E-state index in [2.05, 4.69) is 22.3 Å². The van der Waals surface area contributed by atoms with Gasteiger partial charge in [0.15, 0.2) is 0 Å². The predicted molar refractivity (Wildman–Crippen MR) is 130 cm³/mol. The lowest BCUT2D eigenvalue weighted by atomic mass is 9.89. The van der Waals surface area contributed by atoms with E-state index in [1.54, 1.807) is 14.2 Å². The van der Waals surface area contributed by atoms with E-state index in [1.165, 1.54) is 5.56 Å². The second kappa shape index (κ2) is 10.5. The summed E-state index contributed by atoms with van der Waals surface area (Å²) in [4.78, 5) is 20.4. The number of methoxy groups -OCH3 is 2. The number of carbonyl (C=O) groups excluding carboxylic acids is 1. The minimum Gasteiger partial charge on any atom is -0.497 e. The molecule has 1 saturated heterocycles. The maximum Gasteiger partial charge on any atom is 0.257 e. The summed E-state index contributed by atoms with van der Waals surface area (Å²) >= 11 is 0. The smallest absolute Gasteiger partial charge is 0.257 e. The van der Waals surface area contributed by atoms with Crippen LogP contribution >= 0.6 is 0 Å². The fraction of sp³-hybridized carbons (Fsp3) is 0.333. The second-order valence-electron chi connectivity index (χ2n) is 8.47. The molecule has 0 radical (unpaired) electrons. The number of hydrogen-bond acceptors (Lipinski definition) is 5. The third-order valence-corrected chi connectivity index (χ3v) is 6.17. The Morgan fingerprint density at radius 1 is 1.00 bits per heavy atom. The molecule has 0 bridgehead atoms. The van der Waals surface area contributed by atoms with E-state index in [4.69, 9.17) is 14.5 Å². The van der Waals surface area contributed by atoms with Crippen molar-refractivity contribution in [2.45, 2.75) is 32.2 Å². The van der Waals surface area contributed by atoms with Crippen molar-refractivity contribution >= 4 is 11.6 Å². The number of aromatic nitrogens is 1. The Hall–Kier alpha value is -3.38. The number of hydrogen-bond donors (Lipinski definition) is 1. The molecule has 1 aromatic heterocycles. The minimum absolute atomic E-state index is 0.124. The van der Waals surface area contributed by atoms with Crippen molar-refractivity contribution in [2.24, 2.45) is 0 Å². The molecule has 2 aromatic carbocycles. The van der Waals surface area contributed by atoms with Gasteiger partial charge in [-0.05, 0) is 86.9 Å². The summed E-state index contributed by atoms with van der Waals surface area (Å²) in [5.41, 5.74) is 4.48. The summed E-state index contributed by atoms with van der Waals surface area (Å²) in [6.45, 7) is 4.82. The van der Waals surface area contributed by atoms with Crippen LogP contribution in [0.1, 0.15) is 46.1 Å². The SMILES string of the molecule is COc1ccc(NC(=O)c2ccc(C)nc2C2CCN(Cc3cccc(OC)c3)CC2)cc1. The monoisotopic (exact) mass is 445 g/mol. The maximum atomic E-state index is 13.1. The first-order chi connectivity index (χ1) is 16.1. The van der Waals surface area contributed by atoms with Crippen LogP contribution in [-0.4, -0.2) is 43.1 Å². The number of ether oxygens (including phenoxy) is 2. The molecule has 1 amide bonds. The van der Waals surface area contributed by atoms with Gasteiger partial charge in [-0.1, -0.05) is 12.1 Å². The molecule has 0 saturated carbocycles. The van der Waals surface area contributed by atoms with Crippen LogP contribution in [0.5, 0.6) is 11.5 Å². The average molecular weight is 446 g/mol. The number of benzene rings is 2. The highest BCUT2D eigenvalue weighted by molar-refractivity contribution is 6.05. The Morgan fingerprint density at radius 2 is 1.73 bits per heavy atom. The van der Waals surface area contributed by atoms with Crippen molar-refractivity contribution < 1.29 is 14.3 Å². The predicted octanol–water partition coefficient (Wildman–Crippen LogP) is 5.04. The quantitative estimate of drug-likeness (QED) is 0.552. The van der Waals surface area contributed by atoms with Gasteiger partial charge >= 0.3 is 0 Å². The zero-order valence-electron chi connectivity index (χ0n) is 19.5. The Morgan fingerprint density at radius 3 is 2.42 bits per heavy atom. The van der Waals surface area contributed by atoms with E-state index < -0.39 is 0 Å². The molecular weight excluding hydrogens is 414 g/mol. The number of rotatable bonds is 7. The molecule has 1 aliphatic rings. The molecule has 6 nitrogen and oxygen atoms in total. The number of nitrogens with zero attached hydrogens (tertiary/aromatic N) is 2. The maximum absolute atomic E-state index is 13.1. The molecule has 1 aliphatic heterocycles. The first kappa shape index (κ1) is 22.8. The molecule has 0 atom stereocenters. The third kappa shape index (κ3) is 5.71. The summed E-state index contributed by atoms with van der Waals surface area (Å²) in [6, 6.07) is 19.4. The van der Waals surface area contributed by atoms with Crippen LogP contribution in [0.4, 0.5) is 5.69 Å². The largest absolute Gasteiger partial charge is 0.497 e. The number of carbonyl (C=O) groups is 1. The van der Waals surface area contributed by atoms with Crippen molar-refractivity contribution in [3.05, 3.63) is 83.2 Å². The lowest BCUT2D eigenvalue weighted by molar-refractivity contribution is 0.102. The standard InChI is InChI=1S/C27H31N3O3/c1-19-7-12-25(27(31)29-22-8-10-23(32-2)11-9-22)26(28-19)21-13-15-30(16-14-21)18-20-5-4-6-24(17-20)33-3/h4-12,17,21H,13-16,18H2,1-3H3,(H,29,31). The Kier molecular flexibility index (Phi) is 7.25. The molecule has 1 N–H and O–H groups in total. The molecule has 1 fully saturated rings. The number of nitrogens with one attached hydrogen (secondary N) is 1. The number of piperidine rings is 1. The summed E-state index contributed by atoms with van der Waals surface area (Å²) in [5.74, 6) is 1.79. The van der Waals surface area contributed by atoms with Gasteiger partial charge in [0.05, 0.1) is 25.5 Å². The molecular formula is C27H31N3O3. The number of likely N-dealkylation sites (tertiary alicyclic amines) is 1. The lowest BCUT2D eigenvalue weighted by Crippen LogP contribution is -2.33. The van der Waals surface area contributed by atoms with Crippen LogP contribution in [0.3, 0.4) is 0 Å². The molecule has 4 rings (SSSR count). The van der Waals surface area contributed by atoms with Gasteiger partial charge in [-0.25, -0.2) is 0 Å². The third-order valence-electron chi connectivity index (χ3n) is 6.17. The van der Waals surface area contributed by atoms with Crippen molar-refractivity contribution in [3.63, 3.8) is 0 Å². The van der Waals surface area contributed by atoms with Crippen molar-refractivity contribution in [1.29, 1.82) is 0 Å². The van der Waals surface area contributed by atoms with E-state index in [0.29, 0.717) is 5.56 Å². The molecule has 2 heterocycles. The minimum atomic E-state index is -0.124. The fourth-order valence-electron chi connectivity index (χ4n) is 4.35.